The van der Waals surface area contributed by atoms with Crippen LogP contribution in [0.2, 0.25) is 0 Å². The minimum atomic E-state index is -1.71. The maximum atomic E-state index is 12.1. The Morgan fingerprint density at radius 2 is 2.27 bits per heavy atom. The molecule has 1 aliphatic heterocycles. The first-order chi connectivity index (χ1) is 10.2. The van der Waals surface area contributed by atoms with Gasteiger partial charge in [0.2, 0.25) is 0 Å². The number of rotatable bonds is 2. The van der Waals surface area contributed by atoms with Crippen LogP contribution < -0.4 is 11.4 Å². The molecule has 22 heavy (non-hydrogen) atoms. The molecule has 1 aromatic rings. The third kappa shape index (κ3) is 2.69. The lowest BCUT2D eigenvalue weighted by molar-refractivity contribution is -0.0777. The van der Waals surface area contributed by atoms with Crippen molar-refractivity contribution in [1.82, 2.24) is 9.55 Å². The van der Waals surface area contributed by atoms with Gasteiger partial charge in [0.05, 0.1) is 6.10 Å². The molecule has 1 saturated heterocycles. The van der Waals surface area contributed by atoms with E-state index in [1.165, 1.54) is 13.0 Å². The molecule has 7 nitrogen and oxygen atoms in total. The Balaban J connectivity index is 2.62. The highest BCUT2D eigenvalue weighted by Crippen LogP contribution is 2.44. The number of aryl methyl sites for hydroxylation is 1. The average Bonchev–Trinajstić information content (AvgIpc) is 2.63. The van der Waals surface area contributed by atoms with Crippen LogP contribution in [0.1, 0.15) is 18.8 Å². The second kappa shape index (κ2) is 6.07. The number of aromatic nitrogens is 2. The predicted molar refractivity (Wildman–Crippen MR) is 81.5 cm³/mol. The smallest absolute Gasteiger partial charge is 0.351 e. The molecule has 0 aromatic carbocycles. The number of nitrogens with zero attached hydrogens (tertiary/aromatic N) is 2. The van der Waals surface area contributed by atoms with Crippen molar-refractivity contribution in [3.05, 3.63) is 22.2 Å². The van der Waals surface area contributed by atoms with E-state index < -0.39 is 35.1 Å². The van der Waals surface area contributed by atoms with E-state index in [1.807, 2.05) is 0 Å². The summed E-state index contributed by atoms with van der Waals surface area (Å²) in [6.07, 6.45) is -4.62. The van der Waals surface area contributed by atoms with Crippen LogP contribution in [0.3, 0.4) is 0 Å². The van der Waals surface area contributed by atoms with Gasteiger partial charge in [-0.15, -0.1) is 0 Å². The predicted octanol–water partition coefficient (Wildman–Crippen LogP) is -0.0497. The average molecular weight is 348 g/mol. The van der Waals surface area contributed by atoms with Crippen LogP contribution in [0.15, 0.2) is 10.9 Å². The summed E-state index contributed by atoms with van der Waals surface area (Å²) < 4.78 is 6.70. The van der Waals surface area contributed by atoms with E-state index in [4.69, 9.17) is 33.7 Å². The van der Waals surface area contributed by atoms with E-state index in [0.29, 0.717) is 5.69 Å². The van der Waals surface area contributed by atoms with Crippen LogP contribution in [-0.4, -0.2) is 43.0 Å². The van der Waals surface area contributed by atoms with Crippen molar-refractivity contribution in [2.75, 3.05) is 5.73 Å². The standard InChI is InChI=1S/C13H15Cl2N3O4/c1-6-5-8(16)17-12(21)18(6)11-13(15,3-4-14)10(20)9(22-11)7(2)19/h5,7,9-11,19-20H,1-2H3,(H2,16,17,21)/t7-,9-,10?,11-,13-/m1/s1. The van der Waals surface area contributed by atoms with Crippen LogP contribution in [0.4, 0.5) is 5.82 Å². The molecule has 120 valence electrons. The van der Waals surface area contributed by atoms with Gasteiger partial charge in [-0.25, -0.2) is 4.79 Å². The Bertz CT molecular complexity index is 697. The Hall–Kier alpha value is -1.30. The number of halogens is 2. The summed E-state index contributed by atoms with van der Waals surface area (Å²) in [5.41, 5.74) is 5.23. The van der Waals surface area contributed by atoms with Gasteiger partial charge in [-0.05, 0) is 31.5 Å². The van der Waals surface area contributed by atoms with Crippen molar-refractivity contribution < 1.29 is 14.9 Å². The van der Waals surface area contributed by atoms with Gasteiger partial charge < -0.3 is 20.7 Å². The van der Waals surface area contributed by atoms with Gasteiger partial charge in [0.25, 0.3) is 0 Å². The van der Waals surface area contributed by atoms with Gasteiger partial charge in [-0.3, -0.25) is 4.57 Å². The lowest BCUT2D eigenvalue weighted by atomic mass is 9.97. The first kappa shape index (κ1) is 17.1. The molecule has 0 bridgehead atoms. The minimum Gasteiger partial charge on any atom is -0.391 e. The number of aliphatic hydroxyl groups is 2. The van der Waals surface area contributed by atoms with Gasteiger partial charge in [-0.2, -0.15) is 4.98 Å². The number of anilines is 1. The molecule has 1 aromatic heterocycles. The molecular weight excluding hydrogens is 333 g/mol. The number of nitrogens with two attached hydrogens (primary N) is 1. The van der Waals surface area contributed by atoms with Crippen LogP contribution in [0.25, 0.3) is 0 Å². The van der Waals surface area contributed by atoms with E-state index >= 15 is 0 Å². The Morgan fingerprint density at radius 3 is 2.77 bits per heavy atom. The third-order valence-corrected chi connectivity index (χ3v) is 4.10. The molecule has 1 aliphatic rings. The molecule has 2 rings (SSSR count). The van der Waals surface area contributed by atoms with Crippen LogP contribution in [0, 0.1) is 18.2 Å². The van der Waals surface area contributed by atoms with Crippen molar-refractivity contribution in [1.29, 1.82) is 0 Å². The van der Waals surface area contributed by atoms with E-state index in [1.54, 1.807) is 6.92 Å². The summed E-state index contributed by atoms with van der Waals surface area (Å²) in [5.74, 6) is 2.50. The first-order valence-electron chi connectivity index (χ1n) is 6.41. The largest absolute Gasteiger partial charge is 0.391 e. The summed E-state index contributed by atoms with van der Waals surface area (Å²) in [5, 5.41) is 22.2. The van der Waals surface area contributed by atoms with Gasteiger partial charge in [0.1, 0.15) is 18.0 Å². The summed E-state index contributed by atoms with van der Waals surface area (Å²) in [6.45, 7) is 3.04. The highest BCUT2D eigenvalue weighted by Gasteiger charge is 2.57. The Kier molecular flexibility index (Phi) is 4.70. The molecule has 0 spiro atoms. The van der Waals surface area contributed by atoms with E-state index in [-0.39, 0.29) is 5.82 Å². The lowest BCUT2D eigenvalue weighted by Gasteiger charge is -2.26. The lowest BCUT2D eigenvalue weighted by Crippen LogP contribution is -2.45. The minimum absolute atomic E-state index is 0.0490. The summed E-state index contributed by atoms with van der Waals surface area (Å²) >= 11 is 11.8. The number of nitrogen functional groups attached to an aromatic ring is 1. The molecule has 0 aliphatic carbocycles. The zero-order valence-electron chi connectivity index (χ0n) is 11.8. The Labute approximate surface area is 136 Å². The molecule has 1 fully saturated rings. The number of hydrogen-bond acceptors (Lipinski definition) is 6. The SMILES string of the molecule is Cc1cc(N)nc(=O)n1[C@@H]1O[C@H]([C@@H](C)O)C(O)[C@]1(Cl)C#CCl. The van der Waals surface area contributed by atoms with E-state index in [9.17, 15) is 15.0 Å². The van der Waals surface area contributed by atoms with Gasteiger partial charge >= 0.3 is 5.69 Å². The number of aliphatic hydroxyl groups excluding tert-OH is 2. The molecule has 5 atom stereocenters. The van der Waals surface area contributed by atoms with Gasteiger partial charge in [-0.1, -0.05) is 17.5 Å². The summed E-state index contributed by atoms with van der Waals surface area (Å²) in [6, 6.07) is 1.46. The van der Waals surface area contributed by atoms with Crippen LogP contribution >= 0.6 is 23.2 Å². The number of alkyl halides is 1. The number of ether oxygens (including phenoxy) is 1. The van der Waals surface area contributed by atoms with E-state index in [2.05, 4.69) is 16.3 Å². The van der Waals surface area contributed by atoms with Crippen molar-refractivity contribution in [2.45, 2.75) is 43.3 Å². The third-order valence-electron chi connectivity index (χ3n) is 3.50. The fourth-order valence-corrected chi connectivity index (χ4v) is 2.98. The first-order valence-corrected chi connectivity index (χ1v) is 7.17. The quantitative estimate of drug-likeness (QED) is 0.511. The fraction of sp³-hybridized carbons (Fsp3) is 0.538. The molecule has 2 heterocycles. The second-order valence-corrected chi connectivity index (χ2v) is 5.92. The summed E-state index contributed by atoms with van der Waals surface area (Å²) in [4.78, 5) is 14.0. The van der Waals surface area contributed by atoms with Gasteiger partial charge in [0, 0.05) is 11.1 Å². The highest BCUT2D eigenvalue weighted by atomic mass is 35.5. The zero-order chi connectivity index (χ0) is 16.7. The van der Waals surface area contributed by atoms with Gasteiger partial charge in [0.15, 0.2) is 11.1 Å². The number of hydrogen-bond donors (Lipinski definition) is 3. The fourth-order valence-electron chi connectivity index (χ4n) is 2.46. The molecule has 0 saturated carbocycles. The molecule has 0 amide bonds. The molecular formula is C13H15Cl2N3O4. The van der Waals surface area contributed by atoms with Crippen molar-refractivity contribution >= 4 is 29.0 Å². The maximum Gasteiger partial charge on any atom is 0.351 e. The van der Waals surface area contributed by atoms with Crippen molar-refractivity contribution in [3.63, 3.8) is 0 Å². The topological polar surface area (TPSA) is 111 Å². The molecule has 1 unspecified atom stereocenters. The van der Waals surface area contributed by atoms with E-state index in [0.717, 1.165) is 4.57 Å². The summed E-state index contributed by atoms with van der Waals surface area (Å²) in [7, 11) is 0. The van der Waals surface area contributed by atoms with Crippen LogP contribution in [-0.2, 0) is 4.74 Å². The maximum absolute atomic E-state index is 12.1. The highest BCUT2D eigenvalue weighted by molar-refractivity contribution is 6.32. The second-order valence-electron chi connectivity index (χ2n) is 5.10. The molecule has 4 N–H and O–H groups in total. The molecule has 9 heteroatoms. The Morgan fingerprint density at radius 1 is 1.64 bits per heavy atom. The zero-order valence-corrected chi connectivity index (χ0v) is 13.3. The molecule has 0 radical (unpaired) electrons. The normalized spacial score (nSPS) is 32.4. The van der Waals surface area contributed by atoms with Crippen molar-refractivity contribution in [3.8, 4) is 11.3 Å². The monoisotopic (exact) mass is 347 g/mol. The van der Waals surface area contributed by atoms with Crippen molar-refractivity contribution in [2.24, 2.45) is 0 Å². The van der Waals surface area contributed by atoms with Crippen LogP contribution in [0.5, 0.6) is 0 Å².